The van der Waals surface area contributed by atoms with Gasteiger partial charge in [-0.25, -0.2) is 4.79 Å². The molecule has 0 spiro atoms. The SMILES string of the molecule is CCOc1ccccc1C(=O)NCC(=O)OCC(=O)N1CCNC1=O. The third-order valence-electron chi connectivity index (χ3n) is 3.34. The average molecular weight is 349 g/mol. The maximum absolute atomic E-state index is 12.1. The Morgan fingerprint density at radius 3 is 2.72 bits per heavy atom. The molecule has 1 aliphatic heterocycles. The lowest BCUT2D eigenvalue weighted by atomic mass is 10.2. The number of imide groups is 1. The van der Waals surface area contributed by atoms with Gasteiger partial charge in [-0.2, -0.15) is 0 Å². The van der Waals surface area contributed by atoms with E-state index < -0.39 is 37.0 Å². The van der Waals surface area contributed by atoms with Crippen LogP contribution >= 0.6 is 0 Å². The van der Waals surface area contributed by atoms with Gasteiger partial charge in [0.15, 0.2) is 6.61 Å². The molecule has 2 rings (SSSR count). The van der Waals surface area contributed by atoms with Crippen molar-refractivity contribution < 1.29 is 28.7 Å². The predicted molar refractivity (Wildman–Crippen MR) is 86.0 cm³/mol. The zero-order chi connectivity index (χ0) is 18.2. The summed E-state index contributed by atoms with van der Waals surface area (Å²) in [6.07, 6.45) is 0. The van der Waals surface area contributed by atoms with Gasteiger partial charge in [0.2, 0.25) is 0 Å². The van der Waals surface area contributed by atoms with Crippen molar-refractivity contribution in [2.24, 2.45) is 0 Å². The van der Waals surface area contributed by atoms with Gasteiger partial charge in [0.1, 0.15) is 12.3 Å². The number of rotatable bonds is 7. The number of para-hydroxylation sites is 1. The van der Waals surface area contributed by atoms with E-state index in [4.69, 9.17) is 9.47 Å². The van der Waals surface area contributed by atoms with Gasteiger partial charge < -0.3 is 20.1 Å². The Kier molecular flexibility index (Phi) is 6.33. The molecular formula is C16H19N3O6. The largest absolute Gasteiger partial charge is 0.493 e. The van der Waals surface area contributed by atoms with E-state index in [1.165, 1.54) is 0 Å². The van der Waals surface area contributed by atoms with E-state index >= 15 is 0 Å². The molecule has 9 heteroatoms. The van der Waals surface area contributed by atoms with Crippen LogP contribution in [-0.4, -0.2) is 61.6 Å². The molecule has 1 heterocycles. The molecule has 0 aromatic heterocycles. The van der Waals surface area contributed by atoms with Gasteiger partial charge in [-0.15, -0.1) is 0 Å². The van der Waals surface area contributed by atoms with Gasteiger partial charge in [0.05, 0.1) is 12.2 Å². The first-order chi connectivity index (χ1) is 12.0. The highest BCUT2D eigenvalue weighted by molar-refractivity contribution is 5.99. The number of ether oxygens (including phenoxy) is 2. The number of hydrogen-bond donors (Lipinski definition) is 2. The summed E-state index contributed by atoms with van der Waals surface area (Å²) in [5.41, 5.74) is 0.293. The van der Waals surface area contributed by atoms with Gasteiger partial charge in [0.25, 0.3) is 11.8 Å². The summed E-state index contributed by atoms with van der Waals surface area (Å²) in [6.45, 7) is 1.84. The normalized spacial score (nSPS) is 13.2. The fourth-order valence-corrected chi connectivity index (χ4v) is 2.16. The second kappa shape index (κ2) is 8.67. The zero-order valence-corrected chi connectivity index (χ0v) is 13.7. The van der Waals surface area contributed by atoms with Crippen LogP contribution in [0.15, 0.2) is 24.3 Å². The molecule has 1 aromatic carbocycles. The van der Waals surface area contributed by atoms with Crippen LogP contribution in [0.3, 0.4) is 0 Å². The smallest absolute Gasteiger partial charge is 0.325 e. The van der Waals surface area contributed by atoms with Crippen molar-refractivity contribution in [3.8, 4) is 5.75 Å². The lowest BCUT2D eigenvalue weighted by Gasteiger charge is -2.12. The Bertz CT molecular complexity index is 676. The van der Waals surface area contributed by atoms with Gasteiger partial charge in [-0.1, -0.05) is 12.1 Å². The molecule has 0 saturated carbocycles. The topological polar surface area (TPSA) is 114 Å². The van der Waals surface area contributed by atoms with Crippen LogP contribution in [0.25, 0.3) is 0 Å². The molecule has 1 aromatic rings. The van der Waals surface area contributed by atoms with Gasteiger partial charge in [0, 0.05) is 13.1 Å². The number of hydrogen-bond acceptors (Lipinski definition) is 6. The van der Waals surface area contributed by atoms with E-state index in [-0.39, 0.29) is 6.54 Å². The van der Waals surface area contributed by atoms with Crippen molar-refractivity contribution in [1.29, 1.82) is 0 Å². The summed E-state index contributed by atoms with van der Waals surface area (Å²) < 4.78 is 10.1. The van der Waals surface area contributed by atoms with Crippen LogP contribution in [0.2, 0.25) is 0 Å². The molecule has 1 aliphatic rings. The maximum Gasteiger partial charge on any atom is 0.325 e. The molecule has 4 amide bonds. The monoisotopic (exact) mass is 349 g/mol. The standard InChI is InChI=1S/C16H19N3O6/c1-2-24-12-6-4-3-5-11(12)15(22)18-9-14(21)25-10-13(20)19-8-7-17-16(19)23/h3-6H,2,7-10H2,1H3,(H,17,23)(H,18,22). The molecule has 134 valence electrons. The molecule has 0 bridgehead atoms. The number of urea groups is 1. The Morgan fingerprint density at radius 1 is 1.28 bits per heavy atom. The summed E-state index contributed by atoms with van der Waals surface area (Å²) in [5, 5.41) is 4.87. The van der Waals surface area contributed by atoms with Gasteiger partial charge in [-0.05, 0) is 19.1 Å². The molecule has 25 heavy (non-hydrogen) atoms. The third-order valence-corrected chi connectivity index (χ3v) is 3.34. The van der Waals surface area contributed by atoms with E-state index in [1.54, 1.807) is 31.2 Å². The second-order valence-electron chi connectivity index (χ2n) is 5.05. The average Bonchev–Trinajstić information content (AvgIpc) is 3.04. The summed E-state index contributed by atoms with van der Waals surface area (Å²) in [6, 6.07) is 6.12. The van der Waals surface area contributed by atoms with Gasteiger partial charge in [-0.3, -0.25) is 19.3 Å². The van der Waals surface area contributed by atoms with Crippen LogP contribution in [-0.2, 0) is 14.3 Å². The number of nitrogens with zero attached hydrogens (tertiary/aromatic N) is 1. The Morgan fingerprint density at radius 2 is 2.04 bits per heavy atom. The number of carbonyl (C=O) groups is 4. The van der Waals surface area contributed by atoms with E-state index in [2.05, 4.69) is 10.6 Å². The van der Waals surface area contributed by atoms with Crippen LogP contribution in [0.1, 0.15) is 17.3 Å². The third kappa shape index (κ3) is 4.93. The maximum atomic E-state index is 12.1. The van der Waals surface area contributed by atoms with E-state index in [0.717, 1.165) is 4.90 Å². The minimum Gasteiger partial charge on any atom is -0.493 e. The number of carbonyl (C=O) groups excluding carboxylic acids is 4. The minimum atomic E-state index is -0.782. The summed E-state index contributed by atoms with van der Waals surface area (Å²) >= 11 is 0. The van der Waals surface area contributed by atoms with Crippen molar-refractivity contribution in [3.05, 3.63) is 29.8 Å². The fourth-order valence-electron chi connectivity index (χ4n) is 2.16. The molecule has 0 unspecified atom stereocenters. The first kappa shape index (κ1) is 18.2. The lowest BCUT2D eigenvalue weighted by molar-refractivity contribution is -0.149. The first-order valence-electron chi connectivity index (χ1n) is 7.76. The van der Waals surface area contributed by atoms with Crippen molar-refractivity contribution >= 4 is 23.8 Å². The quantitative estimate of drug-likeness (QED) is 0.665. The molecule has 1 fully saturated rings. The number of benzene rings is 1. The summed E-state index contributed by atoms with van der Waals surface area (Å²) in [7, 11) is 0. The molecular weight excluding hydrogens is 330 g/mol. The molecule has 9 nitrogen and oxygen atoms in total. The van der Waals surface area contributed by atoms with Crippen molar-refractivity contribution in [3.63, 3.8) is 0 Å². The Labute approximate surface area is 144 Å². The van der Waals surface area contributed by atoms with Crippen molar-refractivity contribution in [2.75, 3.05) is 32.8 Å². The summed E-state index contributed by atoms with van der Waals surface area (Å²) in [5.74, 6) is -1.48. The van der Waals surface area contributed by atoms with Crippen LogP contribution in [0.4, 0.5) is 4.79 Å². The van der Waals surface area contributed by atoms with E-state index in [9.17, 15) is 19.2 Å². The highest BCUT2D eigenvalue weighted by Crippen LogP contribution is 2.17. The van der Waals surface area contributed by atoms with Crippen molar-refractivity contribution in [1.82, 2.24) is 15.5 Å². The zero-order valence-electron chi connectivity index (χ0n) is 13.7. The predicted octanol–water partition coefficient (Wildman–Crippen LogP) is -0.0899. The molecule has 0 radical (unpaired) electrons. The second-order valence-corrected chi connectivity index (χ2v) is 5.05. The van der Waals surface area contributed by atoms with Crippen LogP contribution in [0, 0.1) is 0 Å². The van der Waals surface area contributed by atoms with Crippen LogP contribution < -0.4 is 15.4 Å². The summed E-state index contributed by atoms with van der Waals surface area (Å²) in [4.78, 5) is 47.7. The number of nitrogens with one attached hydrogen (secondary N) is 2. The Hall–Kier alpha value is -3.10. The number of esters is 1. The fraction of sp³-hybridized carbons (Fsp3) is 0.375. The highest BCUT2D eigenvalue weighted by Gasteiger charge is 2.26. The van der Waals surface area contributed by atoms with Gasteiger partial charge >= 0.3 is 12.0 Å². The lowest BCUT2D eigenvalue weighted by Crippen LogP contribution is -2.38. The minimum absolute atomic E-state index is 0.236. The van der Waals surface area contributed by atoms with E-state index in [1.807, 2.05) is 0 Å². The molecule has 2 N–H and O–H groups in total. The van der Waals surface area contributed by atoms with E-state index in [0.29, 0.717) is 24.5 Å². The highest BCUT2D eigenvalue weighted by atomic mass is 16.5. The molecule has 1 saturated heterocycles. The van der Waals surface area contributed by atoms with Crippen molar-refractivity contribution in [2.45, 2.75) is 6.92 Å². The number of amides is 4. The first-order valence-corrected chi connectivity index (χ1v) is 7.76. The van der Waals surface area contributed by atoms with Crippen LogP contribution in [0.5, 0.6) is 5.75 Å². The molecule has 0 aliphatic carbocycles. The Balaban J connectivity index is 1.79. The molecule has 0 atom stereocenters.